The smallest absolute Gasteiger partial charge is 0.185 e. The SMILES string of the molecule is Cn1c(-c2cccc(CCN=C(N)N)c2)cnc1-c1cccc(CCN=C(N)N)c1. The number of guanidine groups is 2. The van der Waals surface area contributed by atoms with Crippen LogP contribution in [0.5, 0.6) is 0 Å². The Morgan fingerprint density at radius 2 is 1.37 bits per heavy atom. The molecular formula is C22H28N8. The summed E-state index contributed by atoms with van der Waals surface area (Å²) >= 11 is 0. The van der Waals surface area contributed by atoms with Crippen molar-refractivity contribution in [2.45, 2.75) is 12.8 Å². The Morgan fingerprint density at radius 1 is 0.833 bits per heavy atom. The van der Waals surface area contributed by atoms with Gasteiger partial charge in [-0.1, -0.05) is 36.4 Å². The lowest BCUT2D eigenvalue weighted by Gasteiger charge is -2.09. The molecule has 156 valence electrons. The molecule has 1 heterocycles. The van der Waals surface area contributed by atoms with E-state index in [4.69, 9.17) is 22.9 Å². The van der Waals surface area contributed by atoms with E-state index in [1.165, 1.54) is 5.56 Å². The fourth-order valence-corrected chi connectivity index (χ4v) is 3.33. The van der Waals surface area contributed by atoms with Gasteiger partial charge < -0.3 is 27.5 Å². The highest BCUT2D eigenvalue weighted by Crippen LogP contribution is 2.26. The second-order valence-corrected chi connectivity index (χ2v) is 7.04. The number of benzene rings is 2. The number of aromatic nitrogens is 2. The number of rotatable bonds is 8. The minimum Gasteiger partial charge on any atom is -0.370 e. The van der Waals surface area contributed by atoms with Gasteiger partial charge in [-0.2, -0.15) is 0 Å². The highest BCUT2D eigenvalue weighted by molar-refractivity contribution is 5.76. The summed E-state index contributed by atoms with van der Waals surface area (Å²) in [7, 11) is 2.02. The van der Waals surface area contributed by atoms with E-state index in [-0.39, 0.29) is 11.9 Å². The number of imidazole rings is 1. The monoisotopic (exact) mass is 404 g/mol. The normalized spacial score (nSPS) is 10.6. The van der Waals surface area contributed by atoms with Gasteiger partial charge >= 0.3 is 0 Å². The van der Waals surface area contributed by atoms with E-state index < -0.39 is 0 Å². The van der Waals surface area contributed by atoms with Gasteiger partial charge in [-0.25, -0.2) is 4.98 Å². The van der Waals surface area contributed by atoms with Gasteiger partial charge in [-0.15, -0.1) is 0 Å². The molecule has 0 unspecified atom stereocenters. The molecule has 1 aromatic heterocycles. The molecule has 0 radical (unpaired) electrons. The number of hydrogen-bond donors (Lipinski definition) is 4. The Balaban J connectivity index is 1.81. The van der Waals surface area contributed by atoms with Crippen molar-refractivity contribution in [3.05, 3.63) is 65.9 Å². The summed E-state index contributed by atoms with van der Waals surface area (Å²) in [6.45, 7) is 1.12. The number of nitrogens with two attached hydrogens (primary N) is 4. The summed E-state index contributed by atoms with van der Waals surface area (Å²) in [5, 5.41) is 0. The molecule has 0 saturated carbocycles. The van der Waals surface area contributed by atoms with Crippen LogP contribution in [-0.4, -0.2) is 34.6 Å². The molecule has 0 fully saturated rings. The molecular weight excluding hydrogens is 376 g/mol. The molecule has 3 aromatic rings. The molecule has 0 bridgehead atoms. The van der Waals surface area contributed by atoms with Crippen LogP contribution in [0.15, 0.2) is 64.7 Å². The lowest BCUT2D eigenvalue weighted by atomic mass is 10.1. The van der Waals surface area contributed by atoms with Gasteiger partial charge in [0.05, 0.1) is 11.9 Å². The van der Waals surface area contributed by atoms with Gasteiger partial charge in [0.1, 0.15) is 5.82 Å². The van der Waals surface area contributed by atoms with Crippen LogP contribution in [0.1, 0.15) is 11.1 Å². The van der Waals surface area contributed by atoms with Crippen molar-refractivity contribution in [2.24, 2.45) is 40.0 Å². The van der Waals surface area contributed by atoms with Crippen molar-refractivity contribution in [3.8, 4) is 22.6 Å². The van der Waals surface area contributed by atoms with E-state index in [0.717, 1.165) is 41.1 Å². The third-order valence-electron chi connectivity index (χ3n) is 4.79. The van der Waals surface area contributed by atoms with Crippen LogP contribution in [0, 0.1) is 0 Å². The highest BCUT2D eigenvalue weighted by Gasteiger charge is 2.11. The first-order valence-corrected chi connectivity index (χ1v) is 9.75. The average molecular weight is 405 g/mol. The molecule has 8 nitrogen and oxygen atoms in total. The summed E-state index contributed by atoms with van der Waals surface area (Å²) in [5.41, 5.74) is 27.1. The molecule has 3 rings (SSSR count). The van der Waals surface area contributed by atoms with Crippen LogP contribution in [-0.2, 0) is 19.9 Å². The van der Waals surface area contributed by atoms with Crippen LogP contribution < -0.4 is 22.9 Å². The zero-order valence-electron chi connectivity index (χ0n) is 17.1. The van der Waals surface area contributed by atoms with Gasteiger partial charge in [-0.05, 0) is 36.1 Å². The first-order valence-electron chi connectivity index (χ1n) is 9.75. The van der Waals surface area contributed by atoms with Crippen LogP contribution in [0.3, 0.4) is 0 Å². The summed E-state index contributed by atoms with van der Waals surface area (Å²) in [6, 6.07) is 16.6. The van der Waals surface area contributed by atoms with E-state index in [1.807, 2.05) is 25.4 Å². The maximum absolute atomic E-state index is 5.40. The first-order chi connectivity index (χ1) is 14.4. The van der Waals surface area contributed by atoms with Crippen LogP contribution in [0.4, 0.5) is 0 Å². The summed E-state index contributed by atoms with van der Waals surface area (Å²) < 4.78 is 2.10. The molecule has 8 N–H and O–H groups in total. The maximum Gasteiger partial charge on any atom is 0.185 e. The maximum atomic E-state index is 5.40. The van der Waals surface area contributed by atoms with Crippen LogP contribution in [0.2, 0.25) is 0 Å². The molecule has 0 aliphatic carbocycles. The molecule has 0 spiro atoms. The lowest BCUT2D eigenvalue weighted by Crippen LogP contribution is -2.23. The van der Waals surface area contributed by atoms with Crippen molar-refractivity contribution < 1.29 is 0 Å². The molecule has 30 heavy (non-hydrogen) atoms. The minimum atomic E-state index is 0.112. The summed E-state index contributed by atoms with van der Waals surface area (Å²) in [5.74, 6) is 1.13. The van der Waals surface area contributed by atoms with E-state index in [9.17, 15) is 0 Å². The summed E-state index contributed by atoms with van der Waals surface area (Å²) in [4.78, 5) is 12.8. The Hall–Kier alpha value is -3.81. The number of nitrogens with zero attached hydrogens (tertiary/aromatic N) is 4. The van der Waals surface area contributed by atoms with Crippen molar-refractivity contribution in [1.82, 2.24) is 9.55 Å². The van der Waals surface area contributed by atoms with Crippen molar-refractivity contribution in [3.63, 3.8) is 0 Å². The Bertz CT molecular complexity index is 974. The third kappa shape index (κ3) is 5.38. The second-order valence-electron chi connectivity index (χ2n) is 7.04. The molecule has 0 atom stereocenters. The Kier molecular flexibility index (Phi) is 6.69. The van der Waals surface area contributed by atoms with Gasteiger partial charge in [-0.3, -0.25) is 9.98 Å². The largest absolute Gasteiger partial charge is 0.370 e. The molecule has 0 aliphatic rings. The fourth-order valence-electron chi connectivity index (χ4n) is 3.33. The zero-order chi connectivity index (χ0) is 21.5. The third-order valence-corrected chi connectivity index (χ3v) is 4.79. The van der Waals surface area contributed by atoms with Gasteiger partial charge in [0.2, 0.25) is 0 Å². The standard InChI is InChI=1S/C22H28N8/c1-30-19(17-6-2-4-15(12-17)8-10-27-21(23)24)14-29-20(30)18-7-3-5-16(13-18)9-11-28-22(25)26/h2-7,12-14H,8-11H2,1H3,(H4,23,24,27)(H4,25,26,28). The molecule has 8 heteroatoms. The van der Waals surface area contributed by atoms with E-state index in [2.05, 4.69) is 55.9 Å². The average Bonchev–Trinajstić information content (AvgIpc) is 3.09. The highest BCUT2D eigenvalue weighted by atomic mass is 15.1. The van der Waals surface area contributed by atoms with Gasteiger partial charge in [0.15, 0.2) is 11.9 Å². The van der Waals surface area contributed by atoms with Crippen molar-refractivity contribution in [2.75, 3.05) is 13.1 Å². The molecule has 0 aliphatic heterocycles. The molecule has 2 aromatic carbocycles. The number of hydrogen-bond acceptors (Lipinski definition) is 3. The fraction of sp³-hybridized carbons (Fsp3) is 0.227. The predicted molar refractivity (Wildman–Crippen MR) is 123 cm³/mol. The van der Waals surface area contributed by atoms with Crippen LogP contribution >= 0.6 is 0 Å². The topological polar surface area (TPSA) is 147 Å². The van der Waals surface area contributed by atoms with E-state index in [1.54, 1.807) is 0 Å². The van der Waals surface area contributed by atoms with Crippen molar-refractivity contribution in [1.29, 1.82) is 0 Å². The number of aliphatic imine (C=N–C) groups is 2. The van der Waals surface area contributed by atoms with Gasteiger partial charge in [0.25, 0.3) is 0 Å². The lowest BCUT2D eigenvalue weighted by molar-refractivity contribution is 0.927. The van der Waals surface area contributed by atoms with E-state index in [0.29, 0.717) is 13.1 Å². The second kappa shape index (κ2) is 9.60. The first kappa shape index (κ1) is 20.9. The van der Waals surface area contributed by atoms with Crippen molar-refractivity contribution >= 4 is 11.9 Å². The predicted octanol–water partition coefficient (Wildman–Crippen LogP) is 1.39. The summed E-state index contributed by atoms with van der Waals surface area (Å²) in [6.07, 6.45) is 3.44. The quantitative estimate of drug-likeness (QED) is 0.331. The Labute approximate surface area is 176 Å². The molecule has 0 saturated heterocycles. The minimum absolute atomic E-state index is 0.112. The van der Waals surface area contributed by atoms with E-state index >= 15 is 0 Å². The molecule has 0 amide bonds. The van der Waals surface area contributed by atoms with Crippen LogP contribution in [0.25, 0.3) is 22.6 Å². The Morgan fingerprint density at radius 3 is 1.93 bits per heavy atom. The zero-order valence-corrected chi connectivity index (χ0v) is 17.1. The van der Waals surface area contributed by atoms with Gasteiger partial charge in [0, 0.05) is 31.3 Å².